The van der Waals surface area contributed by atoms with Crippen LogP contribution in [0.3, 0.4) is 0 Å². The normalized spacial score (nSPS) is 24.6. The number of benzene rings is 1. The molecule has 1 unspecified atom stereocenters. The van der Waals surface area contributed by atoms with E-state index in [1.165, 1.54) is 4.90 Å². The lowest BCUT2D eigenvalue weighted by Gasteiger charge is -2.26. The summed E-state index contributed by atoms with van der Waals surface area (Å²) in [4.78, 5) is 41.4. The second kappa shape index (κ2) is 8.05. The first-order valence-electron chi connectivity index (χ1n) is 11.4. The molecule has 4 aliphatic rings. The van der Waals surface area contributed by atoms with Crippen molar-refractivity contribution in [2.24, 2.45) is 0 Å². The number of carbonyl (C=O) groups is 3. The SMILES string of the molecule is O=C1NC2(CCCC2)C(=O)N1CCC(=O)N1CCCC1c1ccc2c(c1)OCCCO2. The third kappa shape index (κ3) is 3.62. The van der Waals surface area contributed by atoms with Gasteiger partial charge in [-0.05, 0) is 43.4 Å². The van der Waals surface area contributed by atoms with Gasteiger partial charge >= 0.3 is 6.03 Å². The molecule has 166 valence electrons. The molecule has 1 saturated carbocycles. The monoisotopic (exact) mass is 427 g/mol. The first-order valence-corrected chi connectivity index (χ1v) is 11.4. The molecule has 8 heteroatoms. The van der Waals surface area contributed by atoms with Gasteiger partial charge in [0.25, 0.3) is 5.91 Å². The molecule has 1 aromatic rings. The lowest BCUT2D eigenvalue weighted by molar-refractivity contribution is -0.134. The number of hydrogen-bond acceptors (Lipinski definition) is 5. The number of ether oxygens (including phenoxy) is 2. The van der Waals surface area contributed by atoms with Gasteiger partial charge in [-0.15, -0.1) is 0 Å². The van der Waals surface area contributed by atoms with Crippen LogP contribution in [0.15, 0.2) is 18.2 Å². The Morgan fingerprint density at radius 1 is 1.06 bits per heavy atom. The van der Waals surface area contributed by atoms with E-state index in [1.54, 1.807) is 0 Å². The highest BCUT2D eigenvalue weighted by molar-refractivity contribution is 6.07. The van der Waals surface area contributed by atoms with Gasteiger partial charge in [0.05, 0.1) is 19.3 Å². The number of likely N-dealkylation sites (tertiary alicyclic amines) is 1. The molecule has 1 aromatic carbocycles. The molecule has 3 aliphatic heterocycles. The number of imide groups is 1. The summed E-state index contributed by atoms with van der Waals surface area (Å²) in [5.41, 5.74) is 0.315. The highest BCUT2D eigenvalue weighted by atomic mass is 16.5. The summed E-state index contributed by atoms with van der Waals surface area (Å²) in [7, 11) is 0. The molecule has 1 aliphatic carbocycles. The molecule has 5 rings (SSSR count). The smallest absolute Gasteiger partial charge is 0.325 e. The van der Waals surface area contributed by atoms with Crippen LogP contribution < -0.4 is 14.8 Å². The van der Waals surface area contributed by atoms with Crippen LogP contribution in [0.4, 0.5) is 4.79 Å². The van der Waals surface area contributed by atoms with Crippen molar-refractivity contribution in [2.75, 3.05) is 26.3 Å². The van der Waals surface area contributed by atoms with Gasteiger partial charge in [-0.3, -0.25) is 14.5 Å². The first kappa shape index (κ1) is 20.2. The minimum Gasteiger partial charge on any atom is -0.490 e. The summed E-state index contributed by atoms with van der Waals surface area (Å²) >= 11 is 0. The van der Waals surface area contributed by atoms with E-state index >= 15 is 0 Å². The van der Waals surface area contributed by atoms with Crippen LogP contribution in [-0.4, -0.2) is 59.5 Å². The molecule has 1 spiro atoms. The quantitative estimate of drug-likeness (QED) is 0.747. The molecule has 3 heterocycles. The number of nitrogens with zero attached hydrogens (tertiary/aromatic N) is 2. The van der Waals surface area contributed by atoms with Crippen LogP contribution in [0.25, 0.3) is 0 Å². The number of rotatable bonds is 4. The fourth-order valence-corrected chi connectivity index (χ4v) is 5.35. The fraction of sp³-hybridized carbons (Fsp3) is 0.609. The van der Waals surface area contributed by atoms with Crippen molar-refractivity contribution in [3.63, 3.8) is 0 Å². The van der Waals surface area contributed by atoms with E-state index in [0.717, 1.165) is 49.2 Å². The Kier molecular flexibility index (Phi) is 5.24. The van der Waals surface area contributed by atoms with Gasteiger partial charge in [0, 0.05) is 25.9 Å². The Morgan fingerprint density at radius 2 is 1.84 bits per heavy atom. The zero-order valence-electron chi connectivity index (χ0n) is 17.7. The number of hydrogen-bond donors (Lipinski definition) is 1. The number of urea groups is 1. The molecule has 0 radical (unpaired) electrons. The van der Waals surface area contributed by atoms with E-state index in [0.29, 0.717) is 32.6 Å². The van der Waals surface area contributed by atoms with E-state index < -0.39 is 5.54 Å². The van der Waals surface area contributed by atoms with Crippen LogP contribution in [0.5, 0.6) is 11.5 Å². The van der Waals surface area contributed by atoms with Gasteiger partial charge in [0.2, 0.25) is 5.91 Å². The molecular formula is C23H29N3O5. The second-order valence-corrected chi connectivity index (χ2v) is 8.93. The Balaban J connectivity index is 1.25. The molecule has 8 nitrogen and oxygen atoms in total. The van der Waals surface area contributed by atoms with Crippen LogP contribution in [0, 0.1) is 0 Å². The highest BCUT2D eigenvalue weighted by Crippen LogP contribution is 2.38. The van der Waals surface area contributed by atoms with Gasteiger partial charge < -0.3 is 19.7 Å². The van der Waals surface area contributed by atoms with Crippen LogP contribution in [-0.2, 0) is 9.59 Å². The van der Waals surface area contributed by atoms with E-state index in [1.807, 2.05) is 23.1 Å². The first-order chi connectivity index (χ1) is 15.1. The largest absolute Gasteiger partial charge is 0.490 e. The van der Waals surface area contributed by atoms with Crippen LogP contribution in [0.2, 0.25) is 0 Å². The Labute approximate surface area is 181 Å². The number of amides is 4. The van der Waals surface area contributed by atoms with Crippen molar-refractivity contribution in [3.8, 4) is 11.5 Å². The van der Waals surface area contributed by atoms with Crippen LogP contribution >= 0.6 is 0 Å². The molecule has 3 fully saturated rings. The maximum atomic E-state index is 13.1. The zero-order valence-corrected chi connectivity index (χ0v) is 17.7. The number of fused-ring (bicyclic) bond motifs is 1. The van der Waals surface area contributed by atoms with Gasteiger partial charge in [-0.25, -0.2) is 4.79 Å². The average Bonchev–Trinajstić information content (AvgIpc) is 3.44. The second-order valence-electron chi connectivity index (χ2n) is 8.93. The predicted octanol–water partition coefficient (Wildman–Crippen LogP) is 2.77. The summed E-state index contributed by atoms with van der Waals surface area (Å²) in [5, 5.41) is 2.88. The summed E-state index contributed by atoms with van der Waals surface area (Å²) in [6, 6.07) is 5.53. The molecule has 1 N–H and O–H groups in total. The zero-order chi connectivity index (χ0) is 21.4. The molecule has 0 bridgehead atoms. The lowest BCUT2D eigenvalue weighted by atomic mass is 9.98. The Bertz CT molecular complexity index is 895. The molecule has 0 aromatic heterocycles. The Hall–Kier alpha value is -2.77. The summed E-state index contributed by atoms with van der Waals surface area (Å²) in [6.45, 7) is 2.08. The highest BCUT2D eigenvalue weighted by Gasteiger charge is 2.52. The predicted molar refractivity (Wildman–Crippen MR) is 112 cm³/mol. The fourth-order valence-electron chi connectivity index (χ4n) is 5.35. The van der Waals surface area contributed by atoms with E-state index in [4.69, 9.17) is 9.47 Å². The van der Waals surface area contributed by atoms with Crippen molar-refractivity contribution in [1.82, 2.24) is 15.1 Å². The van der Waals surface area contributed by atoms with Gasteiger partial charge in [0.15, 0.2) is 11.5 Å². The number of carbonyl (C=O) groups excluding carboxylic acids is 3. The summed E-state index contributed by atoms with van der Waals surface area (Å²) in [6.07, 6.45) is 6.10. The van der Waals surface area contributed by atoms with Gasteiger partial charge in [-0.1, -0.05) is 18.9 Å². The molecule has 2 saturated heterocycles. The lowest BCUT2D eigenvalue weighted by Crippen LogP contribution is -2.44. The minimum atomic E-state index is -0.722. The Morgan fingerprint density at radius 3 is 2.65 bits per heavy atom. The van der Waals surface area contributed by atoms with Gasteiger partial charge in [0.1, 0.15) is 5.54 Å². The molecule has 31 heavy (non-hydrogen) atoms. The maximum Gasteiger partial charge on any atom is 0.325 e. The van der Waals surface area contributed by atoms with Crippen molar-refractivity contribution in [1.29, 1.82) is 0 Å². The molecule has 1 atom stereocenters. The van der Waals surface area contributed by atoms with Gasteiger partial charge in [-0.2, -0.15) is 0 Å². The average molecular weight is 428 g/mol. The third-order valence-corrected chi connectivity index (χ3v) is 6.98. The van der Waals surface area contributed by atoms with E-state index in [9.17, 15) is 14.4 Å². The third-order valence-electron chi connectivity index (χ3n) is 6.98. The van der Waals surface area contributed by atoms with Crippen molar-refractivity contribution >= 4 is 17.8 Å². The molecule has 4 amide bonds. The topological polar surface area (TPSA) is 88.2 Å². The summed E-state index contributed by atoms with van der Waals surface area (Å²) < 4.78 is 11.5. The molecular weight excluding hydrogens is 398 g/mol. The number of nitrogens with one attached hydrogen (secondary N) is 1. The van der Waals surface area contributed by atoms with E-state index in [-0.39, 0.29) is 36.9 Å². The standard InChI is InChI=1S/C23H29N3O5/c27-20(8-12-26-21(28)23(24-22(26)29)9-1-2-10-23)25-11-3-5-17(25)16-6-7-18-19(15-16)31-14-4-13-30-18/h6-7,15,17H,1-5,8-14H2,(H,24,29). The minimum absolute atomic E-state index is 0.0195. The summed E-state index contributed by atoms with van der Waals surface area (Å²) in [5.74, 6) is 1.29. The maximum absolute atomic E-state index is 13.1. The van der Waals surface area contributed by atoms with Crippen molar-refractivity contribution in [3.05, 3.63) is 23.8 Å². The van der Waals surface area contributed by atoms with Crippen molar-refractivity contribution < 1.29 is 23.9 Å². The van der Waals surface area contributed by atoms with Crippen molar-refractivity contribution in [2.45, 2.75) is 62.9 Å². The van der Waals surface area contributed by atoms with Crippen LogP contribution in [0.1, 0.15) is 63.0 Å². The van der Waals surface area contributed by atoms with E-state index in [2.05, 4.69) is 5.32 Å².